The standard InChI is InChI=1S/C19H18N2O4S/c1-11-3-4-12(7-14(11)23-2)8-18(22)21-19-20-13-9-15-16(10-17(13)26-19)25-6-5-24-15/h3-4,7,9-10H,5-6,8H2,1-2H3,(H,20,21,22). The maximum absolute atomic E-state index is 12.4. The van der Waals surface area contributed by atoms with Gasteiger partial charge in [0.25, 0.3) is 0 Å². The van der Waals surface area contributed by atoms with Gasteiger partial charge in [-0.15, -0.1) is 0 Å². The van der Waals surface area contributed by atoms with E-state index in [1.54, 1.807) is 7.11 Å². The van der Waals surface area contributed by atoms with Crippen molar-refractivity contribution < 1.29 is 19.0 Å². The van der Waals surface area contributed by atoms with E-state index in [4.69, 9.17) is 14.2 Å². The summed E-state index contributed by atoms with van der Waals surface area (Å²) in [4.78, 5) is 16.8. The highest BCUT2D eigenvalue weighted by Gasteiger charge is 2.16. The summed E-state index contributed by atoms with van der Waals surface area (Å²) < 4.78 is 17.4. The fourth-order valence-electron chi connectivity index (χ4n) is 2.84. The molecule has 0 fully saturated rings. The largest absolute Gasteiger partial charge is 0.496 e. The van der Waals surface area contributed by atoms with Crippen LogP contribution in [0.25, 0.3) is 10.2 Å². The second kappa shape index (κ2) is 6.84. The van der Waals surface area contributed by atoms with Gasteiger partial charge in [-0.1, -0.05) is 23.5 Å². The van der Waals surface area contributed by atoms with Crippen molar-refractivity contribution in [1.29, 1.82) is 0 Å². The monoisotopic (exact) mass is 370 g/mol. The second-order valence-electron chi connectivity index (χ2n) is 6.01. The molecule has 0 radical (unpaired) electrons. The summed E-state index contributed by atoms with van der Waals surface area (Å²) in [6.45, 7) is 3.05. The summed E-state index contributed by atoms with van der Waals surface area (Å²) in [7, 11) is 1.63. The molecule has 3 aromatic rings. The molecule has 1 aliphatic rings. The number of aryl methyl sites for hydroxylation is 1. The predicted octanol–water partition coefficient (Wildman–Crippen LogP) is 3.57. The van der Waals surface area contributed by atoms with E-state index in [9.17, 15) is 4.79 Å². The van der Waals surface area contributed by atoms with E-state index >= 15 is 0 Å². The zero-order valence-corrected chi connectivity index (χ0v) is 15.3. The Balaban J connectivity index is 1.50. The number of methoxy groups -OCH3 is 1. The molecule has 6 nitrogen and oxygen atoms in total. The van der Waals surface area contributed by atoms with Crippen molar-refractivity contribution in [1.82, 2.24) is 4.98 Å². The van der Waals surface area contributed by atoms with Gasteiger partial charge in [0.2, 0.25) is 5.91 Å². The lowest BCUT2D eigenvalue weighted by Crippen LogP contribution is -2.15. The number of carbonyl (C=O) groups is 1. The van der Waals surface area contributed by atoms with Gasteiger partial charge in [-0.25, -0.2) is 4.98 Å². The third-order valence-electron chi connectivity index (χ3n) is 4.14. The molecule has 0 atom stereocenters. The van der Waals surface area contributed by atoms with Crippen molar-refractivity contribution in [3.05, 3.63) is 41.5 Å². The number of nitrogens with one attached hydrogen (secondary N) is 1. The van der Waals surface area contributed by atoms with E-state index in [2.05, 4.69) is 10.3 Å². The molecule has 134 valence electrons. The summed E-state index contributed by atoms with van der Waals surface area (Å²) in [6.07, 6.45) is 0.259. The average molecular weight is 370 g/mol. The maximum atomic E-state index is 12.4. The smallest absolute Gasteiger partial charge is 0.230 e. The van der Waals surface area contributed by atoms with Crippen molar-refractivity contribution in [2.45, 2.75) is 13.3 Å². The van der Waals surface area contributed by atoms with Crippen LogP contribution in [0.3, 0.4) is 0 Å². The first-order valence-corrected chi connectivity index (χ1v) is 9.07. The molecule has 0 saturated carbocycles. The number of thiazole rings is 1. The minimum Gasteiger partial charge on any atom is -0.496 e. The lowest BCUT2D eigenvalue weighted by Gasteiger charge is -2.17. The Hall–Kier alpha value is -2.80. The number of rotatable bonds is 4. The molecule has 2 heterocycles. The van der Waals surface area contributed by atoms with Gasteiger partial charge in [0.05, 0.1) is 23.7 Å². The Morgan fingerprint density at radius 1 is 1.23 bits per heavy atom. The highest BCUT2D eigenvalue weighted by molar-refractivity contribution is 7.22. The summed E-state index contributed by atoms with van der Waals surface area (Å²) >= 11 is 1.42. The fraction of sp³-hybridized carbons (Fsp3) is 0.263. The van der Waals surface area contributed by atoms with E-state index in [-0.39, 0.29) is 12.3 Å². The second-order valence-corrected chi connectivity index (χ2v) is 7.04. The van der Waals surface area contributed by atoms with Crippen LogP contribution in [0.2, 0.25) is 0 Å². The molecule has 0 aliphatic carbocycles. The first-order valence-electron chi connectivity index (χ1n) is 8.26. The van der Waals surface area contributed by atoms with E-state index < -0.39 is 0 Å². The number of amides is 1. The molecule has 0 bridgehead atoms. The molecule has 0 spiro atoms. The predicted molar refractivity (Wildman–Crippen MR) is 101 cm³/mol. The quantitative estimate of drug-likeness (QED) is 0.760. The van der Waals surface area contributed by atoms with E-state index in [1.807, 2.05) is 37.3 Å². The summed E-state index contributed by atoms with van der Waals surface area (Å²) in [6, 6.07) is 9.51. The number of carbonyl (C=O) groups excluding carboxylic acids is 1. The van der Waals surface area contributed by atoms with Crippen molar-refractivity contribution in [2.75, 3.05) is 25.6 Å². The van der Waals surface area contributed by atoms with Gasteiger partial charge in [0.15, 0.2) is 16.6 Å². The van der Waals surface area contributed by atoms with Crippen molar-refractivity contribution >= 4 is 32.6 Å². The zero-order valence-electron chi connectivity index (χ0n) is 14.5. The first kappa shape index (κ1) is 16.7. The first-order chi connectivity index (χ1) is 12.6. The number of nitrogens with zero attached hydrogens (tertiary/aromatic N) is 1. The van der Waals surface area contributed by atoms with Gasteiger partial charge in [0.1, 0.15) is 19.0 Å². The Morgan fingerprint density at radius 2 is 2.00 bits per heavy atom. The van der Waals surface area contributed by atoms with Crippen LogP contribution in [-0.2, 0) is 11.2 Å². The normalized spacial score (nSPS) is 12.8. The summed E-state index contributed by atoms with van der Waals surface area (Å²) in [5.74, 6) is 2.07. The van der Waals surface area contributed by atoms with E-state index in [1.165, 1.54) is 11.3 Å². The Bertz CT molecular complexity index is 940. The molecule has 7 heteroatoms. The van der Waals surface area contributed by atoms with Crippen LogP contribution in [0.5, 0.6) is 17.2 Å². The number of anilines is 1. The zero-order chi connectivity index (χ0) is 18.1. The molecule has 4 rings (SSSR count). The van der Waals surface area contributed by atoms with E-state index in [0.717, 1.165) is 32.8 Å². The van der Waals surface area contributed by atoms with Crippen LogP contribution in [0.15, 0.2) is 30.3 Å². The molecular formula is C19H18N2O4S. The number of hydrogen-bond donors (Lipinski definition) is 1. The van der Waals surface area contributed by atoms with Crippen molar-refractivity contribution in [2.24, 2.45) is 0 Å². The van der Waals surface area contributed by atoms with Gasteiger partial charge in [-0.05, 0) is 24.1 Å². The maximum Gasteiger partial charge on any atom is 0.230 e. The summed E-state index contributed by atoms with van der Waals surface area (Å²) in [5.41, 5.74) is 2.71. The highest BCUT2D eigenvalue weighted by Crippen LogP contribution is 2.37. The van der Waals surface area contributed by atoms with Crippen LogP contribution in [0.4, 0.5) is 5.13 Å². The molecular weight excluding hydrogens is 352 g/mol. The fourth-order valence-corrected chi connectivity index (χ4v) is 3.73. The van der Waals surface area contributed by atoms with Gasteiger partial charge in [0, 0.05) is 12.1 Å². The van der Waals surface area contributed by atoms with Crippen LogP contribution in [0, 0.1) is 6.92 Å². The third kappa shape index (κ3) is 3.30. The Kier molecular flexibility index (Phi) is 4.38. The molecule has 1 N–H and O–H groups in total. The van der Waals surface area contributed by atoms with Gasteiger partial charge >= 0.3 is 0 Å². The number of hydrogen-bond acceptors (Lipinski definition) is 6. The van der Waals surface area contributed by atoms with Crippen LogP contribution in [-0.4, -0.2) is 31.2 Å². The molecule has 1 aliphatic heterocycles. The van der Waals surface area contributed by atoms with Crippen molar-refractivity contribution in [3.8, 4) is 17.2 Å². The van der Waals surface area contributed by atoms with Gasteiger partial charge in [-0.3, -0.25) is 4.79 Å². The lowest BCUT2D eigenvalue weighted by molar-refractivity contribution is -0.115. The summed E-state index contributed by atoms with van der Waals surface area (Å²) in [5, 5.41) is 3.43. The number of fused-ring (bicyclic) bond motifs is 2. The van der Waals surface area contributed by atoms with Gasteiger partial charge in [-0.2, -0.15) is 0 Å². The van der Waals surface area contributed by atoms with E-state index in [0.29, 0.717) is 24.1 Å². The van der Waals surface area contributed by atoms with Crippen molar-refractivity contribution in [3.63, 3.8) is 0 Å². The number of ether oxygens (including phenoxy) is 3. The molecule has 2 aromatic carbocycles. The third-order valence-corrected chi connectivity index (χ3v) is 5.07. The van der Waals surface area contributed by atoms with Gasteiger partial charge < -0.3 is 19.5 Å². The van der Waals surface area contributed by atoms with Crippen LogP contribution in [0.1, 0.15) is 11.1 Å². The van der Waals surface area contributed by atoms with Crippen LogP contribution >= 0.6 is 11.3 Å². The number of benzene rings is 2. The minimum atomic E-state index is -0.118. The average Bonchev–Trinajstić information content (AvgIpc) is 3.01. The Labute approximate surface area is 154 Å². The SMILES string of the molecule is COc1cc(CC(=O)Nc2nc3cc4c(cc3s2)OCCO4)ccc1C. The Morgan fingerprint density at radius 3 is 2.77 bits per heavy atom. The topological polar surface area (TPSA) is 69.7 Å². The molecule has 1 aromatic heterocycles. The number of aromatic nitrogens is 1. The molecule has 1 amide bonds. The molecule has 0 unspecified atom stereocenters. The molecule has 0 saturated heterocycles. The minimum absolute atomic E-state index is 0.118. The highest BCUT2D eigenvalue weighted by atomic mass is 32.1. The van der Waals surface area contributed by atoms with Crippen LogP contribution < -0.4 is 19.5 Å². The molecule has 26 heavy (non-hydrogen) atoms. The lowest BCUT2D eigenvalue weighted by atomic mass is 10.1.